The van der Waals surface area contributed by atoms with Crippen LogP contribution >= 0.6 is 11.3 Å². The second-order valence-electron chi connectivity index (χ2n) is 5.60. The highest BCUT2D eigenvalue weighted by Gasteiger charge is 2.17. The molecule has 0 aliphatic rings. The summed E-state index contributed by atoms with van der Waals surface area (Å²) in [5, 5.41) is 9.75. The van der Waals surface area contributed by atoms with Crippen LogP contribution in [0.1, 0.15) is 45.3 Å². The van der Waals surface area contributed by atoms with Crippen LogP contribution in [-0.4, -0.2) is 24.0 Å². The molecule has 4 nitrogen and oxygen atoms in total. The van der Waals surface area contributed by atoms with E-state index < -0.39 is 0 Å². The van der Waals surface area contributed by atoms with Crippen molar-refractivity contribution in [1.82, 2.24) is 15.6 Å². The minimum absolute atomic E-state index is 0.118. The highest BCUT2D eigenvalue weighted by molar-refractivity contribution is 7.09. The molecule has 1 aromatic heterocycles. The van der Waals surface area contributed by atoms with Gasteiger partial charge in [0, 0.05) is 23.9 Å². The summed E-state index contributed by atoms with van der Waals surface area (Å²) in [4.78, 5) is 8.81. The fourth-order valence-corrected chi connectivity index (χ4v) is 2.32. The van der Waals surface area contributed by atoms with E-state index in [1.807, 2.05) is 0 Å². The van der Waals surface area contributed by atoms with E-state index in [4.69, 9.17) is 0 Å². The van der Waals surface area contributed by atoms with E-state index in [1.54, 1.807) is 18.4 Å². The van der Waals surface area contributed by atoms with Crippen molar-refractivity contribution >= 4 is 17.3 Å². The lowest BCUT2D eigenvalue weighted by Gasteiger charge is -2.15. The van der Waals surface area contributed by atoms with Gasteiger partial charge in [-0.2, -0.15) is 0 Å². The second kappa shape index (κ2) is 6.18. The first-order chi connectivity index (χ1) is 8.32. The number of rotatable bonds is 3. The molecule has 0 aromatic carbocycles. The van der Waals surface area contributed by atoms with E-state index in [9.17, 15) is 0 Å². The molecule has 1 heterocycles. The summed E-state index contributed by atoms with van der Waals surface area (Å²) in [5.41, 5.74) is 1.27. The average molecular weight is 268 g/mol. The topological polar surface area (TPSA) is 49.3 Å². The number of guanidine groups is 1. The monoisotopic (exact) mass is 268 g/mol. The summed E-state index contributed by atoms with van der Waals surface area (Å²) >= 11 is 1.69. The molecule has 0 bridgehead atoms. The van der Waals surface area contributed by atoms with Gasteiger partial charge < -0.3 is 10.6 Å². The zero-order chi connectivity index (χ0) is 13.8. The molecule has 102 valence electrons. The third-order valence-electron chi connectivity index (χ3n) is 2.38. The van der Waals surface area contributed by atoms with Crippen molar-refractivity contribution < 1.29 is 0 Å². The summed E-state index contributed by atoms with van der Waals surface area (Å²) < 4.78 is 0. The van der Waals surface area contributed by atoms with Gasteiger partial charge in [0.05, 0.1) is 12.2 Å². The molecule has 1 aromatic rings. The Kier molecular flexibility index (Phi) is 5.14. The first kappa shape index (κ1) is 15.0. The number of nitrogens with zero attached hydrogens (tertiary/aromatic N) is 2. The molecule has 0 atom stereocenters. The third kappa shape index (κ3) is 4.64. The van der Waals surface area contributed by atoms with Crippen molar-refractivity contribution in [1.29, 1.82) is 0 Å². The van der Waals surface area contributed by atoms with Crippen LogP contribution in [0.15, 0.2) is 10.4 Å². The largest absolute Gasteiger partial charge is 0.354 e. The SMILES string of the molecule is CN=C(NCc1nc(C(C)(C)C)cs1)NC(C)C. The van der Waals surface area contributed by atoms with Gasteiger partial charge in [0.2, 0.25) is 0 Å². The summed E-state index contributed by atoms with van der Waals surface area (Å²) in [6, 6.07) is 0.373. The first-order valence-electron chi connectivity index (χ1n) is 6.25. The predicted octanol–water partition coefficient (Wildman–Crippen LogP) is 2.51. The summed E-state index contributed by atoms with van der Waals surface area (Å²) in [5.74, 6) is 0.817. The number of thiazole rings is 1. The maximum absolute atomic E-state index is 4.64. The number of nitrogens with one attached hydrogen (secondary N) is 2. The van der Waals surface area contributed by atoms with Crippen molar-refractivity contribution in [2.75, 3.05) is 7.05 Å². The maximum Gasteiger partial charge on any atom is 0.191 e. The quantitative estimate of drug-likeness (QED) is 0.654. The van der Waals surface area contributed by atoms with Gasteiger partial charge in [-0.1, -0.05) is 20.8 Å². The fourth-order valence-electron chi connectivity index (χ4n) is 1.36. The van der Waals surface area contributed by atoms with Gasteiger partial charge in [0.25, 0.3) is 0 Å². The van der Waals surface area contributed by atoms with Gasteiger partial charge in [0.15, 0.2) is 5.96 Å². The molecule has 0 aliphatic carbocycles. The summed E-state index contributed by atoms with van der Waals surface area (Å²) in [6.45, 7) is 11.4. The minimum atomic E-state index is 0.118. The van der Waals surface area contributed by atoms with Crippen LogP contribution < -0.4 is 10.6 Å². The Balaban J connectivity index is 2.56. The number of hydrogen-bond donors (Lipinski definition) is 2. The molecular weight excluding hydrogens is 244 g/mol. The Labute approximate surface area is 114 Å². The van der Waals surface area contributed by atoms with E-state index >= 15 is 0 Å². The number of aromatic nitrogens is 1. The van der Waals surface area contributed by atoms with Crippen molar-refractivity contribution in [3.05, 3.63) is 16.1 Å². The molecule has 5 heteroatoms. The van der Waals surface area contributed by atoms with Crippen molar-refractivity contribution in [2.45, 2.75) is 52.6 Å². The van der Waals surface area contributed by atoms with E-state index in [0.29, 0.717) is 12.6 Å². The van der Waals surface area contributed by atoms with Gasteiger partial charge in [-0.25, -0.2) is 4.98 Å². The normalized spacial score (nSPS) is 12.9. The summed E-state index contributed by atoms with van der Waals surface area (Å²) in [6.07, 6.45) is 0. The highest BCUT2D eigenvalue weighted by atomic mass is 32.1. The molecule has 0 fully saturated rings. The van der Waals surface area contributed by atoms with Gasteiger partial charge in [-0.15, -0.1) is 11.3 Å². The molecule has 1 rings (SSSR count). The molecule has 18 heavy (non-hydrogen) atoms. The number of aliphatic imine (C=N–C) groups is 1. The Morgan fingerprint density at radius 3 is 2.56 bits per heavy atom. The summed E-state index contributed by atoms with van der Waals surface area (Å²) in [7, 11) is 1.78. The lowest BCUT2D eigenvalue weighted by Crippen LogP contribution is -2.40. The highest BCUT2D eigenvalue weighted by Crippen LogP contribution is 2.23. The van der Waals surface area contributed by atoms with E-state index in [-0.39, 0.29) is 5.41 Å². The molecule has 2 N–H and O–H groups in total. The van der Waals surface area contributed by atoms with E-state index in [2.05, 4.69) is 60.6 Å². The van der Waals surface area contributed by atoms with E-state index in [0.717, 1.165) is 16.7 Å². The van der Waals surface area contributed by atoms with E-state index in [1.165, 1.54) is 0 Å². The zero-order valence-electron chi connectivity index (χ0n) is 12.2. The standard InChI is InChI=1S/C13H24N4S/c1-9(2)16-12(14-6)15-7-11-17-10(8-18-11)13(3,4)5/h8-9H,7H2,1-6H3,(H2,14,15,16). The van der Waals surface area contributed by atoms with Crippen LogP contribution in [0.5, 0.6) is 0 Å². The molecule has 0 saturated heterocycles. The average Bonchev–Trinajstić information content (AvgIpc) is 2.71. The van der Waals surface area contributed by atoms with Gasteiger partial charge in [-0.3, -0.25) is 4.99 Å². The number of hydrogen-bond acceptors (Lipinski definition) is 3. The van der Waals surface area contributed by atoms with Crippen LogP contribution in [0.3, 0.4) is 0 Å². The lowest BCUT2D eigenvalue weighted by atomic mass is 9.93. The second-order valence-corrected chi connectivity index (χ2v) is 6.54. The predicted molar refractivity (Wildman–Crippen MR) is 79.3 cm³/mol. The zero-order valence-corrected chi connectivity index (χ0v) is 13.0. The van der Waals surface area contributed by atoms with Crippen LogP contribution in [0.25, 0.3) is 0 Å². The van der Waals surface area contributed by atoms with Crippen LogP contribution in [0, 0.1) is 0 Å². The van der Waals surface area contributed by atoms with Crippen LogP contribution in [0.4, 0.5) is 0 Å². The molecule has 0 spiro atoms. The smallest absolute Gasteiger partial charge is 0.191 e. The van der Waals surface area contributed by atoms with Crippen molar-refractivity contribution in [3.8, 4) is 0 Å². The molecule has 0 radical (unpaired) electrons. The molecule has 0 aliphatic heterocycles. The third-order valence-corrected chi connectivity index (χ3v) is 3.23. The molecule has 0 unspecified atom stereocenters. The Morgan fingerprint density at radius 2 is 2.11 bits per heavy atom. The fraction of sp³-hybridized carbons (Fsp3) is 0.692. The Morgan fingerprint density at radius 1 is 1.44 bits per heavy atom. The molecular formula is C13H24N4S. The minimum Gasteiger partial charge on any atom is -0.354 e. The lowest BCUT2D eigenvalue weighted by molar-refractivity contribution is 0.570. The Hall–Kier alpha value is -1.10. The van der Waals surface area contributed by atoms with Gasteiger partial charge >= 0.3 is 0 Å². The maximum atomic E-state index is 4.64. The van der Waals surface area contributed by atoms with Crippen molar-refractivity contribution in [2.24, 2.45) is 4.99 Å². The van der Waals surface area contributed by atoms with Crippen LogP contribution in [0.2, 0.25) is 0 Å². The Bertz CT molecular complexity index is 401. The van der Waals surface area contributed by atoms with Gasteiger partial charge in [-0.05, 0) is 13.8 Å². The molecule has 0 saturated carbocycles. The first-order valence-corrected chi connectivity index (χ1v) is 7.13. The molecule has 0 amide bonds. The van der Waals surface area contributed by atoms with Crippen LogP contribution in [-0.2, 0) is 12.0 Å². The van der Waals surface area contributed by atoms with Gasteiger partial charge in [0.1, 0.15) is 5.01 Å². The van der Waals surface area contributed by atoms with Crippen molar-refractivity contribution in [3.63, 3.8) is 0 Å².